The lowest BCUT2D eigenvalue weighted by molar-refractivity contribution is -0.120. The van der Waals surface area contributed by atoms with Crippen LogP contribution in [0.2, 0.25) is 0 Å². The zero-order valence-electron chi connectivity index (χ0n) is 16.3. The van der Waals surface area contributed by atoms with Gasteiger partial charge in [-0.1, -0.05) is 18.2 Å². The van der Waals surface area contributed by atoms with Gasteiger partial charge in [-0.05, 0) is 55.2 Å². The fraction of sp³-hybridized carbons (Fsp3) is 0.333. The first-order valence-electron chi connectivity index (χ1n) is 9.55. The van der Waals surface area contributed by atoms with Crippen LogP contribution in [0.4, 0.5) is 11.4 Å². The lowest BCUT2D eigenvalue weighted by Gasteiger charge is -2.41. The van der Waals surface area contributed by atoms with E-state index in [0.717, 1.165) is 18.4 Å². The minimum atomic E-state index is -3.82. The van der Waals surface area contributed by atoms with Crippen LogP contribution in [-0.2, 0) is 19.6 Å². The Morgan fingerprint density at radius 1 is 1.03 bits per heavy atom. The number of nitrogens with two attached hydrogens (primary N) is 1. The highest BCUT2D eigenvalue weighted by atomic mass is 32.2. The Labute approximate surface area is 170 Å². The number of anilines is 2. The highest BCUT2D eigenvalue weighted by Crippen LogP contribution is 2.42. The van der Waals surface area contributed by atoms with Gasteiger partial charge in [-0.2, -0.15) is 0 Å². The summed E-state index contributed by atoms with van der Waals surface area (Å²) in [4.78, 5) is 28.7. The molecular formula is C21H23N3O4S. The topological polar surface area (TPSA) is 101 Å². The Hall–Kier alpha value is -2.71. The Balaban J connectivity index is 1.83. The highest BCUT2D eigenvalue weighted by molar-refractivity contribution is 7.89. The lowest BCUT2D eigenvalue weighted by Crippen LogP contribution is -2.51. The summed E-state index contributed by atoms with van der Waals surface area (Å²) in [5.41, 5.74) is 2.79. The molecule has 2 aromatic rings. The van der Waals surface area contributed by atoms with Crippen molar-refractivity contribution in [1.82, 2.24) is 0 Å². The number of hydrogen-bond donors (Lipinski definition) is 1. The third-order valence-corrected chi connectivity index (χ3v) is 6.35. The van der Waals surface area contributed by atoms with Crippen LogP contribution in [0.25, 0.3) is 11.1 Å². The van der Waals surface area contributed by atoms with Crippen LogP contribution in [0.5, 0.6) is 0 Å². The molecule has 0 aromatic heterocycles. The molecule has 0 radical (unpaired) electrons. The summed E-state index contributed by atoms with van der Waals surface area (Å²) in [7, 11) is -3.82. The van der Waals surface area contributed by atoms with Crippen LogP contribution < -0.4 is 14.9 Å². The van der Waals surface area contributed by atoms with Crippen molar-refractivity contribution in [2.24, 2.45) is 11.1 Å². The molecule has 1 fully saturated rings. The molecule has 0 bridgehead atoms. The number of carbonyl (C=O) groups is 2. The van der Waals surface area contributed by atoms with Crippen molar-refractivity contribution in [3.8, 4) is 11.1 Å². The lowest BCUT2D eigenvalue weighted by atomic mass is 10.00. The van der Waals surface area contributed by atoms with E-state index in [0.29, 0.717) is 23.5 Å². The standard InChI is InChI=1S/C21H23N3O4S/c1-13-12-23(21(26)15-6-7-15)20-11-17(8-9-19(20)24(13)14(2)25)16-4-3-5-18(10-16)29(22,27)28/h3-5,8-11,13,15H,6-7,12H2,1-2H3,(H2,22,27,28). The van der Waals surface area contributed by atoms with E-state index in [1.54, 1.807) is 21.9 Å². The van der Waals surface area contributed by atoms with Gasteiger partial charge in [-0.15, -0.1) is 0 Å². The van der Waals surface area contributed by atoms with Gasteiger partial charge in [0.25, 0.3) is 0 Å². The summed E-state index contributed by atoms with van der Waals surface area (Å²) >= 11 is 0. The van der Waals surface area contributed by atoms with Crippen LogP contribution in [0.15, 0.2) is 47.4 Å². The van der Waals surface area contributed by atoms with Crippen LogP contribution in [-0.4, -0.2) is 32.8 Å². The fourth-order valence-electron chi connectivity index (χ4n) is 3.90. The van der Waals surface area contributed by atoms with E-state index in [9.17, 15) is 18.0 Å². The monoisotopic (exact) mass is 413 g/mol. The number of rotatable bonds is 3. The molecule has 2 N–H and O–H groups in total. The van der Waals surface area contributed by atoms with E-state index >= 15 is 0 Å². The van der Waals surface area contributed by atoms with E-state index in [1.807, 2.05) is 25.1 Å². The molecule has 0 spiro atoms. The minimum absolute atomic E-state index is 0.0256. The maximum atomic E-state index is 12.9. The Kier molecular flexibility index (Phi) is 4.71. The predicted octanol–water partition coefficient (Wildman–Crippen LogP) is 2.50. The van der Waals surface area contributed by atoms with Crippen molar-refractivity contribution in [2.45, 2.75) is 37.6 Å². The normalized spacial score (nSPS) is 19.1. The zero-order valence-corrected chi connectivity index (χ0v) is 17.1. The van der Waals surface area contributed by atoms with E-state index in [-0.39, 0.29) is 28.7 Å². The zero-order chi connectivity index (χ0) is 20.9. The molecule has 2 aliphatic rings. The SMILES string of the molecule is CC(=O)N1c2ccc(-c3cccc(S(N)(=O)=O)c3)cc2N(C(=O)C2CC2)CC1C. The second-order valence-electron chi connectivity index (χ2n) is 7.74. The number of hydrogen-bond acceptors (Lipinski definition) is 4. The van der Waals surface area contributed by atoms with Gasteiger partial charge >= 0.3 is 0 Å². The molecule has 2 amide bonds. The molecule has 152 valence electrons. The molecule has 8 heteroatoms. The number of benzene rings is 2. The van der Waals surface area contributed by atoms with Gasteiger partial charge in [0.05, 0.1) is 22.3 Å². The van der Waals surface area contributed by atoms with Crippen LogP contribution in [0.3, 0.4) is 0 Å². The quantitative estimate of drug-likeness (QED) is 0.835. The molecule has 1 unspecified atom stereocenters. The summed E-state index contributed by atoms with van der Waals surface area (Å²) in [6, 6.07) is 11.7. The molecular weight excluding hydrogens is 390 g/mol. The first kappa shape index (κ1) is 19.6. The van der Waals surface area contributed by atoms with Crippen molar-refractivity contribution in [3.63, 3.8) is 0 Å². The van der Waals surface area contributed by atoms with E-state index in [1.165, 1.54) is 19.1 Å². The number of carbonyl (C=O) groups excluding carboxylic acids is 2. The van der Waals surface area contributed by atoms with Gasteiger partial charge < -0.3 is 9.80 Å². The van der Waals surface area contributed by atoms with Crippen LogP contribution in [0, 0.1) is 5.92 Å². The number of amides is 2. The summed E-state index contributed by atoms with van der Waals surface area (Å²) < 4.78 is 23.4. The third kappa shape index (κ3) is 3.65. The van der Waals surface area contributed by atoms with E-state index in [2.05, 4.69) is 0 Å². The van der Waals surface area contributed by atoms with Crippen LogP contribution in [0.1, 0.15) is 26.7 Å². The first-order chi connectivity index (χ1) is 13.7. The summed E-state index contributed by atoms with van der Waals surface area (Å²) in [6.07, 6.45) is 1.79. The summed E-state index contributed by atoms with van der Waals surface area (Å²) in [5, 5.41) is 5.26. The molecule has 1 atom stereocenters. The molecule has 1 saturated carbocycles. The Morgan fingerprint density at radius 3 is 2.34 bits per heavy atom. The molecule has 4 rings (SSSR count). The van der Waals surface area contributed by atoms with Gasteiger partial charge in [0.1, 0.15) is 0 Å². The third-order valence-electron chi connectivity index (χ3n) is 5.44. The fourth-order valence-corrected chi connectivity index (χ4v) is 4.46. The van der Waals surface area contributed by atoms with Gasteiger partial charge in [-0.25, -0.2) is 13.6 Å². The second-order valence-corrected chi connectivity index (χ2v) is 9.30. The molecule has 7 nitrogen and oxygen atoms in total. The number of primary sulfonamides is 1. The maximum absolute atomic E-state index is 12.9. The Bertz CT molecular complexity index is 1110. The van der Waals surface area contributed by atoms with E-state index < -0.39 is 10.0 Å². The van der Waals surface area contributed by atoms with Gasteiger partial charge in [0.2, 0.25) is 21.8 Å². The largest absolute Gasteiger partial charge is 0.308 e. The minimum Gasteiger partial charge on any atom is -0.308 e. The highest BCUT2D eigenvalue weighted by Gasteiger charge is 2.39. The predicted molar refractivity (Wildman–Crippen MR) is 111 cm³/mol. The molecule has 1 aliphatic heterocycles. The van der Waals surface area contributed by atoms with Crippen molar-refractivity contribution in [1.29, 1.82) is 0 Å². The average Bonchev–Trinajstić information content (AvgIpc) is 3.51. The average molecular weight is 413 g/mol. The van der Waals surface area contributed by atoms with Crippen LogP contribution >= 0.6 is 0 Å². The van der Waals surface area contributed by atoms with E-state index in [4.69, 9.17) is 5.14 Å². The maximum Gasteiger partial charge on any atom is 0.238 e. The smallest absolute Gasteiger partial charge is 0.238 e. The van der Waals surface area contributed by atoms with Crippen molar-refractivity contribution >= 4 is 33.2 Å². The molecule has 1 heterocycles. The van der Waals surface area contributed by atoms with Crippen molar-refractivity contribution < 1.29 is 18.0 Å². The molecule has 2 aromatic carbocycles. The molecule has 1 aliphatic carbocycles. The molecule has 0 saturated heterocycles. The Morgan fingerprint density at radius 2 is 1.72 bits per heavy atom. The van der Waals surface area contributed by atoms with Gasteiger partial charge in [0, 0.05) is 19.4 Å². The first-order valence-corrected chi connectivity index (χ1v) is 11.1. The van der Waals surface area contributed by atoms with Crippen molar-refractivity contribution in [3.05, 3.63) is 42.5 Å². The number of nitrogens with zero attached hydrogens (tertiary/aromatic N) is 2. The summed E-state index contributed by atoms with van der Waals surface area (Å²) in [6.45, 7) is 3.88. The molecule has 29 heavy (non-hydrogen) atoms. The number of sulfonamides is 1. The van der Waals surface area contributed by atoms with Gasteiger partial charge in [0.15, 0.2) is 0 Å². The second kappa shape index (κ2) is 6.96. The number of fused-ring (bicyclic) bond motifs is 1. The summed E-state index contributed by atoms with van der Waals surface area (Å²) in [5.74, 6) is 0.0475. The van der Waals surface area contributed by atoms with Gasteiger partial charge in [-0.3, -0.25) is 9.59 Å². The van der Waals surface area contributed by atoms with Crippen molar-refractivity contribution in [2.75, 3.05) is 16.3 Å².